The molecular weight excluding hydrogens is 250 g/mol. The molecular formula is C12H21N3S2. The zero-order valence-corrected chi connectivity index (χ0v) is 12.5. The van der Waals surface area contributed by atoms with E-state index in [2.05, 4.69) is 42.7 Å². The number of nitrogens with one attached hydrogen (secondary N) is 1. The Morgan fingerprint density at radius 3 is 3.06 bits per heavy atom. The lowest BCUT2D eigenvalue weighted by atomic mass is 10.4. The first kappa shape index (κ1) is 13.2. The summed E-state index contributed by atoms with van der Waals surface area (Å²) in [6, 6.07) is 0. The Labute approximate surface area is 112 Å². The third-order valence-corrected chi connectivity index (χ3v) is 5.28. The second kappa shape index (κ2) is 6.07. The highest BCUT2D eigenvalue weighted by molar-refractivity contribution is 8.00. The molecule has 0 bridgehead atoms. The van der Waals surface area contributed by atoms with Gasteiger partial charge in [-0.3, -0.25) is 0 Å². The lowest BCUT2D eigenvalue weighted by Gasteiger charge is -2.30. The normalized spacial score (nSPS) is 20.9. The van der Waals surface area contributed by atoms with Gasteiger partial charge in [-0.2, -0.15) is 11.8 Å². The number of anilines is 1. The second-order valence-corrected chi connectivity index (χ2v) is 7.02. The number of aryl methyl sites for hydroxylation is 1. The minimum atomic E-state index is 0.727. The zero-order chi connectivity index (χ0) is 12.3. The Morgan fingerprint density at radius 1 is 1.53 bits per heavy atom. The molecule has 1 fully saturated rings. The molecule has 0 saturated carbocycles. The average Bonchev–Trinajstić information content (AvgIpc) is 2.68. The Morgan fingerprint density at radius 2 is 2.35 bits per heavy atom. The molecule has 1 unspecified atom stereocenters. The van der Waals surface area contributed by atoms with E-state index in [4.69, 9.17) is 4.98 Å². The summed E-state index contributed by atoms with van der Waals surface area (Å²) in [5.41, 5.74) is 1.19. The molecule has 1 atom stereocenters. The summed E-state index contributed by atoms with van der Waals surface area (Å²) in [4.78, 5) is 8.54. The number of rotatable bonds is 4. The Balaban J connectivity index is 2.05. The maximum Gasteiger partial charge on any atom is 0.185 e. The van der Waals surface area contributed by atoms with Gasteiger partial charge < -0.3 is 10.2 Å². The summed E-state index contributed by atoms with van der Waals surface area (Å²) in [5.74, 6) is 1.22. The molecule has 1 aromatic heterocycles. The van der Waals surface area contributed by atoms with Crippen molar-refractivity contribution in [3.63, 3.8) is 0 Å². The van der Waals surface area contributed by atoms with Gasteiger partial charge in [-0.1, -0.05) is 13.8 Å². The Kier molecular flexibility index (Phi) is 4.70. The highest BCUT2D eigenvalue weighted by atomic mass is 32.2. The average molecular weight is 271 g/mol. The van der Waals surface area contributed by atoms with Gasteiger partial charge in [0.15, 0.2) is 5.13 Å². The molecule has 0 spiro atoms. The number of thiazole rings is 1. The molecule has 1 saturated heterocycles. The van der Waals surface area contributed by atoms with Crippen molar-refractivity contribution in [3.8, 4) is 0 Å². The second-order valence-electron chi connectivity index (χ2n) is 4.41. The van der Waals surface area contributed by atoms with E-state index in [1.807, 2.05) is 11.3 Å². The van der Waals surface area contributed by atoms with Crippen molar-refractivity contribution in [1.29, 1.82) is 0 Å². The summed E-state index contributed by atoms with van der Waals surface area (Å²) < 4.78 is 0. The molecule has 0 amide bonds. The number of aromatic nitrogens is 1. The van der Waals surface area contributed by atoms with Crippen LogP contribution in [-0.4, -0.2) is 35.6 Å². The quantitative estimate of drug-likeness (QED) is 0.911. The molecule has 0 radical (unpaired) electrons. The van der Waals surface area contributed by atoms with Crippen LogP contribution in [0.5, 0.6) is 0 Å². The van der Waals surface area contributed by atoms with Crippen LogP contribution in [0, 0.1) is 6.92 Å². The van der Waals surface area contributed by atoms with E-state index < -0.39 is 0 Å². The first-order valence-electron chi connectivity index (χ1n) is 6.24. The van der Waals surface area contributed by atoms with Gasteiger partial charge in [0.1, 0.15) is 0 Å². The predicted molar refractivity (Wildman–Crippen MR) is 78.4 cm³/mol. The summed E-state index contributed by atoms with van der Waals surface area (Å²) >= 11 is 3.92. The van der Waals surface area contributed by atoms with Gasteiger partial charge >= 0.3 is 0 Å². The molecule has 1 aliphatic heterocycles. The van der Waals surface area contributed by atoms with Crippen molar-refractivity contribution in [2.75, 3.05) is 30.3 Å². The maximum atomic E-state index is 4.72. The SMILES string of the molecule is CCNCc1sc(N2CCSC(C)C2)nc1C. The molecule has 96 valence electrons. The van der Waals surface area contributed by atoms with E-state index in [9.17, 15) is 0 Å². The fourth-order valence-electron chi connectivity index (χ4n) is 1.94. The van der Waals surface area contributed by atoms with Crippen LogP contribution in [0.15, 0.2) is 0 Å². The highest BCUT2D eigenvalue weighted by Gasteiger charge is 2.20. The standard InChI is InChI=1S/C12H21N3S2/c1-4-13-7-11-10(3)14-12(17-11)15-5-6-16-9(2)8-15/h9,13H,4-8H2,1-3H3. The minimum absolute atomic E-state index is 0.727. The van der Waals surface area contributed by atoms with Crippen LogP contribution < -0.4 is 10.2 Å². The summed E-state index contributed by atoms with van der Waals surface area (Å²) in [6.45, 7) is 10.8. The lowest BCUT2D eigenvalue weighted by molar-refractivity contribution is 0.730. The van der Waals surface area contributed by atoms with E-state index in [0.29, 0.717) is 0 Å². The van der Waals surface area contributed by atoms with Crippen molar-refractivity contribution in [2.45, 2.75) is 32.6 Å². The molecule has 3 nitrogen and oxygen atoms in total. The van der Waals surface area contributed by atoms with Gasteiger partial charge in [0.25, 0.3) is 0 Å². The van der Waals surface area contributed by atoms with Gasteiger partial charge in [0, 0.05) is 35.5 Å². The van der Waals surface area contributed by atoms with Crippen LogP contribution >= 0.6 is 23.1 Å². The van der Waals surface area contributed by atoms with E-state index in [-0.39, 0.29) is 0 Å². The van der Waals surface area contributed by atoms with Crippen molar-refractivity contribution in [3.05, 3.63) is 10.6 Å². The van der Waals surface area contributed by atoms with Crippen LogP contribution in [0.2, 0.25) is 0 Å². The predicted octanol–water partition coefficient (Wildman–Crippen LogP) is 2.50. The molecule has 2 rings (SSSR count). The van der Waals surface area contributed by atoms with Gasteiger partial charge in [0.2, 0.25) is 0 Å². The van der Waals surface area contributed by atoms with Gasteiger partial charge in [-0.25, -0.2) is 4.98 Å². The highest BCUT2D eigenvalue weighted by Crippen LogP contribution is 2.29. The van der Waals surface area contributed by atoms with Gasteiger partial charge in [-0.05, 0) is 13.5 Å². The number of thioether (sulfide) groups is 1. The van der Waals surface area contributed by atoms with Crippen LogP contribution in [0.25, 0.3) is 0 Å². The molecule has 2 heterocycles. The fraction of sp³-hybridized carbons (Fsp3) is 0.750. The van der Waals surface area contributed by atoms with Crippen molar-refractivity contribution < 1.29 is 0 Å². The van der Waals surface area contributed by atoms with Crippen molar-refractivity contribution in [2.24, 2.45) is 0 Å². The number of nitrogens with zero attached hydrogens (tertiary/aromatic N) is 2. The molecule has 5 heteroatoms. The summed E-state index contributed by atoms with van der Waals surface area (Å²) in [6.07, 6.45) is 0. The molecule has 0 aliphatic carbocycles. The first-order valence-corrected chi connectivity index (χ1v) is 8.10. The molecule has 0 aromatic carbocycles. The van der Waals surface area contributed by atoms with Gasteiger partial charge in [0.05, 0.1) is 5.69 Å². The van der Waals surface area contributed by atoms with Crippen LogP contribution in [0.1, 0.15) is 24.4 Å². The van der Waals surface area contributed by atoms with E-state index in [0.717, 1.165) is 31.4 Å². The maximum absolute atomic E-state index is 4.72. The van der Waals surface area contributed by atoms with Crippen molar-refractivity contribution >= 4 is 28.2 Å². The fourth-order valence-corrected chi connectivity index (χ4v) is 4.02. The van der Waals surface area contributed by atoms with E-state index in [1.54, 1.807) is 0 Å². The largest absolute Gasteiger partial charge is 0.346 e. The summed E-state index contributed by atoms with van der Waals surface area (Å²) in [7, 11) is 0. The lowest BCUT2D eigenvalue weighted by Crippen LogP contribution is -2.36. The molecule has 17 heavy (non-hydrogen) atoms. The first-order chi connectivity index (χ1) is 8.20. The van der Waals surface area contributed by atoms with E-state index >= 15 is 0 Å². The van der Waals surface area contributed by atoms with Crippen molar-refractivity contribution in [1.82, 2.24) is 10.3 Å². The Bertz CT molecular complexity index is 365. The van der Waals surface area contributed by atoms with E-state index in [1.165, 1.54) is 21.5 Å². The third-order valence-electron chi connectivity index (χ3n) is 2.93. The molecule has 1 aliphatic rings. The Hall–Kier alpha value is -0.260. The summed E-state index contributed by atoms with van der Waals surface area (Å²) in [5, 5.41) is 5.32. The minimum Gasteiger partial charge on any atom is -0.346 e. The van der Waals surface area contributed by atoms with Crippen LogP contribution in [-0.2, 0) is 6.54 Å². The van der Waals surface area contributed by atoms with Crippen LogP contribution in [0.3, 0.4) is 0 Å². The number of hydrogen-bond donors (Lipinski definition) is 1. The smallest absolute Gasteiger partial charge is 0.185 e. The topological polar surface area (TPSA) is 28.2 Å². The molecule has 1 N–H and O–H groups in total. The zero-order valence-electron chi connectivity index (χ0n) is 10.8. The van der Waals surface area contributed by atoms with Crippen LogP contribution in [0.4, 0.5) is 5.13 Å². The third kappa shape index (κ3) is 3.36. The number of hydrogen-bond acceptors (Lipinski definition) is 5. The monoisotopic (exact) mass is 271 g/mol. The molecule has 1 aromatic rings. The van der Waals surface area contributed by atoms with Gasteiger partial charge in [-0.15, -0.1) is 11.3 Å².